The first-order valence-electron chi connectivity index (χ1n) is 13.7. The molecule has 1 saturated heterocycles. The highest BCUT2D eigenvalue weighted by molar-refractivity contribution is 7.99. The summed E-state index contributed by atoms with van der Waals surface area (Å²) in [6, 6.07) is 12.9. The van der Waals surface area contributed by atoms with Crippen LogP contribution in [0.1, 0.15) is 40.7 Å². The maximum absolute atomic E-state index is 12.5. The number of thioether (sulfide) groups is 1. The van der Waals surface area contributed by atoms with Gasteiger partial charge in [-0.2, -0.15) is 0 Å². The van der Waals surface area contributed by atoms with Crippen molar-refractivity contribution in [2.24, 2.45) is 11.8 Å². The number of ether oxygens (including phenoxy) is 2. The smallest absolute Gasteiger partial charge is 0.338 e. The van der Waals surface area contributed by atoms with Gasteiger partial charge >= 0.3 is 5.97 Å². The van der Waals surface area contributed by atoms with Gasteiger partial charge in [0.2, 0.25) is 0 Å². The number of esters is 1. The summed E-state index contributed by atoms with van der Waals surface area (Å²) in [5.41, 5.74) is 1.91. The molecule has 0 aromatic heterocycles. The van der Waals surface area contributed by atoms with Crippen molar-refractivity contribution in [3.05, 3.63) is 69.3 Å². The molecular formula is C29H37ClN2O6S. The van der Waals surface area contributed by atoms with Gasteiger partial charge in [0, 0.05) is 53.9 Å². The minimum Gasteiger partial charge on any atom is -0.461 e. The molecule has 4 rings (SSSR count). The lowest BCUT2D eigenvalue weighted by atomic mass is 9.90. The Morgan fingerprint density at radius 3 is 2.77 bits per heavy atom. The fourth-order valence-electron chi connectivity index (χ4n) is 5.40. The van der Waals surface area contributed by atoms with Gasteiger partial charge < -0.3 is 14.6 Å². The van der Waals surface area contributed by atoms with Gasteiger partial charge in [-0.25, -0.2) is 4.79 Å². The molecule has 2 fully saturated rings. The van der Waals surface area contributed by atoms with E-state index in [9.17, 15) is 20.0 Å². The van der Waals surface area contributed by atoms with Crippen molar-refractivity contribution in [3.8, 4) is 0 Å². The van der Waals surface area contributed by atoms with Gasteiger partial charge in [-0.3, -0.25) is 15.0 Å². The van der Waals surface area contributed by atoms with Crippen LogP contribution in [0.5, 0.6) is 0 Å². The first-order chi connectivity index (χ1) is 18.9. The third-order valence-electron chi connectivity index (χ3n) is 7.67. The Bertz CT molecular complexity index is 1110. The molecular weight excluding hydrogens is 540 g/mol. The first-order valence-corrected chi connectivity index (χ1v) is 15.1. The monoisotopic (exact) mass is 576 g/mol. The number of alkyl halides is 1. The van der Waals surface area contributed by atoms with Crippen LogP contribution in [0.25, 0.3) is 0 Å². The maximum atomic E-state index is 12.5. The SMILES string of the molecule is O=C(OCCN1CCOCC1)c1ccc(CC[C@H]2CCC(Cl)[C@@H]2CSc2cccc(CCO)c2)c([N+](=O)[O-])c1. The molecule has 1 heterocycles. The minimum absolute atomic E-state index is 0.0373. The Morgan fingerprint density at radius 2 is 2.00 bits per heavy atom. The summed E-state index contributed by atoms with van der Waals surface area (Å²) >= 11 is 8.50. The van der Waals surface area contributed by atoms with E-state index in [1.165, 1.54) is 11.0 Å². The predicted octanol–water partition coefficient (Wildman–Crippen LogP) is 4.98. The summed E-state index contributed by atoms with van der Waals surface area (Å²) in [7, 11) is 0. The first kappa shape index (κ1) is 29.8. The van der Waals surface area contributed by atoms with E-state index in [0.29, 0.717) is 50.0 Å². The van der Waals surface area contributed by atoms with Crippen molar-refractivity contribution in [1.82, 2.24) is 4.90 Å². The quantitative estimate of drug-likeness (QED) is 0.117. The standard InChI is InChI=1S/C29H37ClN2O6S/c30-27-9-8-22(26(27)20-39-25-3-1-2-21(18-25)10-14-33)4-5-23-6-7-24(19-28(23)32(35)36)29(34)38-17-13-31-11-15-37-16-12-31/h1-3,6-7,18-19,22,26-27,33H,4-5,8-17,20H2/t22-,26+,27?/m0/s1. The Kier molecular flexibility index (Phi) is 11.5. The fraction of sp³-hybridized carbons (Fsp3) is 0.552. The van der Waals surface area contributed by atoms with Gasteiger partial charge in [0.1, 0.15) is 6.61 Å². The molecule has 8 nitrogen and oxygen atoms in total. The van der Waals surface area contributed by atoms with Crippen LogP contribution in [0.15, 0.2) is 47.4 Å². The van der Waals surface area contributed by atoms with Gasteiger partial charge in [-0.15, -0.1) is 23.4 Å². The number of halogens is 1. The second kappa shape index (κ2) is 15.0. The van der Waals surface area contributed by atoms with Gasteiger partial charge in [0.05, 0.1) is 23.7 Å². The summed E-state index contributed by atoms with van der Waals surface area (Å²) < 4.78 is 10.7. The Balaban J connectivity index is 1.32. The molecule has 1 aliphatic heterocycles. The van der Waals surface area contributed by atoms with Gasteiger partial charge in [0.15, 0.2) is 0 Å². The average Bonchev–Trinajstić information content (AvgIpc) is 3.30. The van der Waals surface area contributed by atoms with Crippen molar-refractivity contribution in [2.45, 2.75) is 42.4 Å². The molecule has 10 heteroatoms. The molecule has 0 bridgehead atoms. The molecule has 3 atom stereocenters. The van der Waals surface area contributed by atoms with Crippen molar-refractivity contribution in [3.63, 3.8) is 0 Å². The van der Waals surface area contributed by atoms with Crippen LogP contribution in [0.3, 0.4) is 0 Å². The third kappa shape index (κ3) is 8.66. The predicted molar refractivity (Wildman–Crippen MR) is 153 cm³/mol. The van der Waals surface area contributed by atoms with Crippen LogP contribution in [0.2, 0.25) is 0 Å². The number of nitro groups is 1. The number of carbonyl (C=O) groups excluding carboxylic acids is 1. The largest absolute Gasteiger partial charge is 0.461 e. The summed E-state index contributed by atoms with van der Waals surface area (Å²) in [4.78, 5) is 27.3. The lowest BCUT2D eigenvalue weighted by Crippen LogP contribution is -2.38. The number of morpholine rings is 1. The summed E-state index contributed by atoms with van der Waals surface area (Å²) in [5.74, 6) is 1.04. The van der Waals surface area contributed by atoms with Crippen molar-refractivity contribution >= 4 is 35.0 Å². The molecule has 0 spiro atoms. The molecule has 0 radical (unpaired) electrons. The van der Waals surface area contributed by atoms with E-state index in [0.717, 1.165) is 43.7 Å². The lowest BCUT2D eigenvalue weighted by molar-refractivity contribution is -0.385. The number of rotatable bonds is 13. The number of aliphatic hydroxyl groups is 1. The molecule has 1 unspecified atom stereocenters. The molecule has 0 amide bonds. The Hall–Kier alpha value is -2.17. The summed E-state index contributed by atoms with van der Waals surface area (Å²) in [6.07, 6.45) is 3.96. The highest BCUT2D eigenvalue weighted by Gasteiger charge is 2.35. The van der Waals surface area contributed by atoms with Crippen LogP contribution in [-0.2, 0) is 22.3 Å². The minimum atomic E-state index is -0.543. The van der Waals surface area contributed by atoms with E-state index in [1.54, 1.807) is 23.9 Å². The zero-order chi connectivity index (χ0) is 27.6. The Labute approximate surface area is 239 Å². The van der Waals surface area contributed by atoms with Crippen LogP contribution < -0.4 is 0 Å². The van der Waals surface area contributed by atoms with Crippen LogP contribution in [0.4, 0.5) is 5.69 Å². The van der Waals surface area contributed by atoms with Gasteiger partial charge in [0.25, 0.3) is 5.69 Å². The Morgan fingerprint density at radius 1 is 1.18 bits per heavy atom. The summed E-state index contributed by atoms with van der Waals surface area (Å²) in [6.45, 7) is 3.94. The van der Waals surface area contributed by atoms with Crippen molar-refractivity contribution in [1.29, 1.82) is 0 Å². The molecule has 2 aliphatic rings. The van der Waals surface area contributed by atoms with E-state index in [-0.39, 0.29) is 29.8 Å². The lowest BCUT2D eigenvalue weighted by Gasteiger charge is -2.26. The fourth-order valence-corrected chi connectivity index (χ4v) is 7.22. The maximum Gasteiger partial charge on any atom is 0.338 e. The number of benzene rings is 2. The van der Waals surface area contributed by atoms with Gasteiger partial charge in [-0.1, -0.05) is 18.2 Å². The topological polar surface area (TPSA) is 102 Å². The van der Waals surface area contributed by atoms with E-state index < -0.39 is 10.9 Å². The third-order valence-corrected chi connectivity index (χ3v) is 9.35. The normalized spacial score (nSPS) is 21.6. The zero-order valence-electron chi connectivity index (χ0n) is 22.1. The van der Waals surface area contributed by atoms with Crippen molar-refractivity contribution < 1.29 is 24.3 Å². The van der Waals surface area contributed by atoms with E-state index in [1.807, 2.05) is 12.1 Å². The van der Waals surface area contributed by atoms with Gasteiger partial charge in [-0.05, 0) is 67.7 Å². The number of aryl methyl sites for hydroxylation is 1. The summed E-state index contributed by atoms with van der Waals surface area (Å²) in [5, 5.41) is 21.2. The van der Waals surface area contributed by atoms with Crippen LogP contribution in [0, 0.1) is 22.0 Å². The highest BCUT2D eigenvalue weighted by Crippen LogP contribution is 2.42. The highest BCUT2D eigenvalue weighted by atomic mass is 35.5. The molecule has 1 N–H and O–H groups in total. The second-order valence-corrected chi connectivity index (χ2v) is 11.8. The average molecular weight is 577 g/mol. The van der Waals surface area contributed by atoms with E-state index in [4.69, 9.17) is 21.1 Å². The molecule has 2 aromatic carbocycles. The van der Waals surface area contributed by atoms with Crippen molar-refractivity contribution in [2.75, 3.05) is 51.8 Å². The number of aliphatic hydroxyl groups excluding tert-OH is 1. The molecule has 2 aromatic rings. The zero-order valence-corrected chi connectivity index (χ0v) is 23.7. The number of hydrogen-bond acceptors (Lipinski definition) is 8. The van der Waals surface area contributed by atoms with E-state index >= 15 is 0 Å². The number of nitrogens with zero attached hydrogens (tertiary/aromatic N) is 2. The molecule has 1 aliphatic carbocycles. The molecule has 212 valence electrons. The van der Waals surface area contributed by atoms with Crippen LogP contribution >= 0.6 is 23.4 Å². The van der Waals surface area contributed by atoms with E-state index in [2.05, 4.69) is 17.0 Å². The number of nitro benzene ring substituents is 1. The number of carbonyl (C=O) groups is 1. The molecule has 1 saturated carbocycles. The molecule has 39 heavy (non-hydrogen) atoms. The number of hydrogen-bond donors (Lipinski definition) is 1. The second-order valence-electron chi connectivity index (χ2n) is 10.2. The van der Waals surface area contributed by atoms with Crippen LogP contribution in [-0.4, -0.2) is 78.1 Å².